The van der Waals surface area contributed by atoms with Crippen LogP contribution in [0.25, 0.3) is 5.82 Å². The van der Waals surface area contributed by atoms with Gasteiger partial charge in [-0.25, -0.2) is 4.79 Å². The van der Waals surface area contributed by atoms with E-state index in [0.29, 0.717) is 30.6 Å². The summed E-state index contributed by atoms with van der Waals surface area (Å²) in [6.45, 7) is 15.4. The van der Waals surface area contributed by atoms with Crippen LogP contribution in [-0.2, 0) is 23.2 Å². The van der Waals surface area contributed by atoms with E-state index in [1.807, 2.05) is 27.4 Å². The van der Waals surface area contributed by atoms with Crippen molar-refractivity contribution in [2.45, 2.75) is 78.0 Å². The maximum absolute atomic E-state index is 14.0. The van der Waals surface area contributed by atoms with E-state index in [-0.39, 0.29) is 12.1 Å². The fourth-order valence-corrected chi connectivity index (χ4v) is 6.26. The number of carbonyl (C=O) groups excluding carboxylic acids is 2. The van der Waals surface area contributed by atoms with Crippen molar-refractivity contribution in [3.05, 3.63) is 34.8 Å². The molecule has 10 nitrogen and oxygen atoms in total. The number of nitrogens with two attached hydrogens (primary N) is 1. The highest BCUT2D eigenvalue weighted by Gasteiger charge is 2.47. The number of carbonyl (C=O) groups is 2. The van der Waals surface area contributed by atoms with Crippen LogP contribution < -0.4 is 5.73 Å². The number of aromatic amines is 1. The molecule has 2 aromatic heterocycles. The predicted molar refractivity (Wildman–Crippen MR) is 141 cm³/mol. The first-order chi connectivity index (χ1) is 17.6. The Morgan fingerprint density at radius 3 is 2.59 bits per heavy atom. The van der Waals surface area contributed by atoms with Gasteiger partial charge in [-0.05, 0) is 58.9 Å². The van der Waals surface area contributed by atoms with E-state index in [2.05, 4.69) is 42.8 Å². The van der Waals surface area contributed by atoms with E-state index in [9.17, 15) is 9.59 Å². The van der Waals surface area contributed by atoms with Crippen molar-refractivity contribution in [3.63, 3.8) is 0 Å². The van der Waals surface area contributed by atoms with Gasteiger partial charge in [-0.1, -0.05) is 6.92 Å². The smallest absolute Gasteiger partial charge is 0.321 e. The fourth-order valence-electron chi connectivity index (χ4n) is 6.26. The minimum Gasteiger partial charge on any atom is -0.381 e. The molecule has 3 aliphatic heterocycles. The summed E-state index contributed by atoms with van der Waals surface area (Å²) in [5.41, 5.74) is 8.34. The van der Waals surface area contributed by atoms with Gasteiger partial charge in [0.05, 0.1) is 23.3 Å². The fraction of sp³-hybridized carbons (Fsp3) is 0.667. The number of hydrogen-bond acceptors (Lipinski definition) is 5. The number of hydrogen-bond donors (Lipinski definition) is 2. The number of aryl methyl sites for hydroxylation is 1. The van der Waals surface area contributed by atoms with Crippen LogP contribution in [0.3, 0.4) is 0 Å². The van der Waals surface area contributed by atoms with E-state index in [4.69, 9.17) is 10.5 Å². The molecular weight excluding hydrogens is 470 g/mol. The third-order valence-corrected chi connectivity index (χ3v) is 8.65. The number of amides is 3. The molecular formula is C27H41N7O3. The number of H-pyrrole nitrogens is 1. The summed E-state index contributed by atoms with van der Waals surface area (Å²) in [6.07, 6.45) is 4.72. The van der Waals surface area contributed by atoms with Crippen molar-refractivity contribution in [2.24, 2.45) is 11.7 Å². The minimum atomic E-state index is -0.536. The van der Waals surface area contributed by atoms with E-state index >= 15 is 0 Å². The lowest BCUT2D eigenvalue weighted by Crippen LogP contribution is -2.62. The molecule has 2 aromatic rings. The highest BCUT2D eigenvalue weighted by atomic mass is 16.5. The van der Waals surface area contributed by atoms with Gasteiger partial charge in [-0.15, -0.1) is 0 Å². The van der Waals surface area contributed by atoms with Gasteiger partial charge in [0.1, 0.15) is 0 Å². The number of piperazine rings is 1. The molecule has 3 N–H and O–H groups in total. The van der Waals surface area contributed by atoms with Crippen molar-refractivity contribution in [1.29, 1.82) is 0 Å². The zero-order valence-corrected chi connectivity index (χ0v) is 22.8. The summed E-state index contributed by atoms with van der Waals surface area (Å²) >= 11 is 0. The molecule has 2 saturated heterocycles. The van der Waals surface area contributed by atoms with E-state index in [1.165, 1.54) is 0 Å². The van der Waals surface area contributed by atoms with Crippen LogP contribution in [0.5, 0.6) is 0 Å². The minimum absolute atomic E-state index is 0.0617. The molecule has 0 aliphatic carbocycles. The first-order valence-electron chi connectivity index (χ1n) is 13.6. The van der Waals surface area contributed by atoms with Crippen LogP contribution >= 0.6 is 0 Å². The average molecular weight is 512 g/mol. The van der Waals surface area contributed by atoms with Gasteiger partial charge in [0, 0.05) is 62.4 Å². The summed E-state index contributed by atoms with van der Waals surface area (Å²) in [6, 6.07) is 2.31. The number of primary amides is 1. The number of rotatable bonds is 5. The second-order valence-corrected chi connectivity index (χ2v) is 11.5. The number of urea groups is 1. The first-order valence-corrected chi connectivity index (χ1v) is 13.6. The Morgan fingerprint density at radius 2 is 1.92 bits per heavy atom. The van der Waals surface area contributed by atoms with Crippen LogP contribution in [0.15, 0.2) is 12.3 Å². The Labute approximate surface area is 219 Å². The van der Waals surface area contributed by atoms with Crippen molar-refractivity contribution < 1.29 is 14.3 Å². The van der Waals surface area contributed by atoms with Crippen molar-refractivity contribution in [1.82, 2.24) is 29.5 Å². The Balaban J connectivity index is 1.34. The summed E-state index contributed by atoms with van der Waals surface area (Å²) < 4.78 is 7.47. The van der Waals surface area contributed by atoms with Crippen molar-refractivity contribution >= 4 is 11.9 Å². The Morgan fingerprint density at radius 1 is 1.19 bits per heavy atom. The van der Waals surface area contributed by atoms with E-state index in [0.717, 1.165) is 68.3 Å². The molecule has 0 bridgehead atoms. The van der Waals surface area contributed by atoms with Crippen molar-refractivity contribution in [2.75, 3.05) is 32.8 Å². The Hall–Kier alpha value is -2.85. The predicted octanol–water partition coefficient (Wildman–Crippen LogP) is 2.85. The van der Waals surface area contributed by atoms with Crippen molar-refractivity contribution in [3.8, 4) is 5.82 Å². The highest BCUT2D eigenvalue weighted by Crippen LogP contribution is 2.41. The maximum atomic E-state index is 14.0. The lowest BCUT2D eigenvalue weighted by atomic mass is 9.97. The van der Waals surface area contributed by atoms with Gasteiger partial charge in [0.15, 0.2) is 5.82 Å². The largest absolute Gasteiger partial charge is 0.381 e. The first kappa shape index (κ1) is 25.8. The SMILES string of the molecule is CCc1cc(C(N)=O)cn1-c1n[nH]c2c1CN(C(=O)N1C[C@@H](C)N(CC3CCOCC3)C[C@@H]1C)C2(C)C. The quantitative estimate of drug-likeness (QED) is 0.641. The summed E-state index contributed by atoms with van der Waals surface area (Å²) in [7, 11) is 0. The molecule has 0 spiro atoms. The normalized spacial score (nSPS) is 24.5. The average Bonchev–Trinajstić information content (AvgIpc) is 3.55. The Bertz CT molecular complexity index is 1160. The topological polar surface area (TPSA) is 113 Å². The third-order valence-electron chi connectivity index (χ3n) is 8.65. The second kappa shape index (κ2) is 9.79. The molecule has 2 atom stereocenters. The van der Waals surface area contributed by atoms with Gasteiger partial charge < -0.3 is 24.8 Å². The van der Waals surface area contributed by atoms with E-state index < -0.39 is 11.4 Å². The zero-order valence-electron chi connectivity index (χ0n) is 22.8. The molecule has 37 heavy (non-hydrogen) atoms. The van der Waals surface area contributed by atoms with Crippen LogP contribution in [0.4, 0.5) is 4.79 Å². The number of nitrogens with zero attached hydrogens (tertiary/aromatic N) is 5. The standard InChI is InChI=1S/C27H41N7O3/c1-6-21-11-20(24(28)35)15-33(21)25-22-16-34(27(4,5)23(22)29-30-25)26(36)32-13-17(2)31(12-18(32)3)14-19-7-9-37-10-8-19/h11,15,17-19H,6-10,12-14,16H2,1-5H3,(H2,28,35)(H,29,30)/t17-,18+/m1/s1. The summed E-state index contributed by atoms with van der Waals surface area (Å²) in [5.74, 6) is 0.943. The number of aromatic nitrogens is 3. The number of nitrogens with one attached hydrogen (secondary N) is 1. The van der Waals surface area contributed by atoms with Gasteiger partial charge in [0.25, 0.3) is 0 Å². The number of ether oxygens (including phenoxy) is 1. The summed E-state index contributed by atoms with van der Waals surface area (Å²) in [4.78, 5) is 32.4. The monoisotopic (exact) mass is 511 g/mol. The van der Waals surface area contributed by atoms with Gasteiger partial charge in [0.2, 0.25) is 5.91 Å². The van der Waals surface area contributed by atoms with E-state index in [1.54, 1.807) is 6.20 Å². The highest BCUT2D eigenvalue weighted by molar-refractivity contribution is 5.93. The van der Waals surface area contributed by atoms with Crippen LogP contribution in [0.1, 0.15) is 74.8 Å². The lowest BCUT2D eigenvalue weighted by Gasteiger charge is -2.47. The molecule has 0 radical (unpaired) electrons. The molecule has 10 heteroatoms. The van der Waals surface area contributed by atoms with Gasteiger partial charge in [-0.3, -0.25) is 14.8 Å². The molecule has 202 valence electrons. The molecule has 0 saturated carbocycles. The second-order valence-electron chi connectivity index (χ2n) is 11.5. The third kappa shape index (κ3) is 4.54. The molecule has 3 amide bonds. The number of fused-ring (bicyclic) bond motifs is 1. The molecule has 5 rings (SSSR count). The maximum Gasteiger partial charge on any atom is 0.321 e. The zero-order chi connectivity index (χ0) is 26.5. The Kier molecular flexibility index (Phi) is 6.83. The molecule has 5 heterocycles. The molecule has 0 aromatic carbocycles. The molecule has 0 unspecified atom stereocenters. The van der Waals surface area contributed by atoms with Crippen LogP contribution in [0.2, 0.25) is 0 Å². The lowest BCUT2D eigenvalue weighted by molar-refractivity contribution is 0.00880. The summed E-state index contributed by atoms with van der Waals surface area (Å²) in [5, 5.41) is 7.81. The van der Waals surface area contributed by atoms with Crippen LogP contribution in [-0.4, -0.2) is 86.3 Å². The van der Waals surface area contributed by atoms with Gasteiger partial charge in [-0.2, -0.15) is 5.10 Å². The van der Waals surface area contributed by atoms with Crippen LogP contribution in [0, 0.1) is 5.92 Å². The molecule has 3 aliphatic rings. The molecule has 2 fully saturated rings. The van der Waals surface area contributed by atoms with Gasteiger partial charge >= 0.3 is 6.03 Å².